The fraction of sp³-hybridized carbons (Fsp3) is 0.125. The second kappa shape index (κ2) is 6.45. The van der Waals surface area contributed by atoms with Crippen molar-refractivity contribution in [3.05, 3.63) is 53.6 Å². The maximum absolute atomic E-state index is 13.0. The van der Waals surface area contributed by atoms with E-state index >= 15 is 0 Å². The first-order valence-corrected chi connectivity index (χ1v) is 8.18. The number of aliphatic imine (C=N–C) groups is 1. The zero-order valence-corrected chi connectivity index (χ0v) is 14.3. The van der Waals surface area contributed by atoms with Crippen LogP contribution in [0.2, 0.25) is 0 Å². The zero-order chi connectivity index (χ0) is 17.3. The Morgan fingerprint density at radius 1 is 1.12 bits per heavy atom. The Labute approximate surface area is 146 Å². The molecule has 0 aromatic heterocycles. The molecule has 1 aliphatic heterocycles. The Hall–Kier alpha value is -2.06. The van der Waals surface area contributed by atoms with Crippen LogP contribution in [-0.2, 0) is 12.6 Å². The zero-order valence-electron chi connectivity index (χ0n) is 12.5. The number of halogens is 2. The highest BCUT2D eigenvalue weighted by molar-refractivity contribution is 8.27. The van der Waals surface area contributed by atoms with Crippen LogP contribution in [0.5, 0.6) is 11.5 Å². The van der Waals surface area contributed by atoms with Gasteiger partial charge in [0.05, 0.1) is 0 Å². The second-order valence-electron chi connectivity index (χ2n) is 5.01. The van der Waals surface area contributed by atoms with E-state index in [1.165, 1.54) is 30.0 Å². The van der Waals surface area contributed by atoms with Gasteiger partial charge < -0.3 is 9.47 Å². The molecule has 2 aromatic carbocycles. The highest BCUT2D eigenvalue weighted by Crippen LogP contribution is 2.41. The van der Waals surface area contributed by atoms with Crippen molar-refractivity contribution in [2.24, 2.45) is 4.99 Å². The van der Waals surface area contributed by atoms with Crippen LogP contribution in [0.15, 0.2) is 52.4 Å². The van der Waals surface area contributed by atoms with Gasteiger partial charge in [-0.3, -0.25) is 5.41 Å². The smallest absolute Gasteiger partial charge is 0.395 e. The van der Waals surface area contributed by atoms with E-state index in [9.17, 15) is 8.78 Å². The summed E-state index contributed by atoms with van der Waals surface area (Å²) in [5.41, 5.74) is 1.49. The lowest BCUT2D eigenvalue weighted by molar-refractivity contribution is -0.286. The summed E-state index contributed by atoms with van der Waals surface area (Å²) < 4.78 is 35.2. The number of hydrogen-bond acceptors (Lipinski definition) is 4. The van der Waals surface area contributed by atoms with Crippen molar-refractivity contribution in [1.82, 2.24) is 0 Å². The summed E-state index contributed by atoms with van der Waals surface area (Å²) in [5, 5.41) is 8.01. The molecule has 0 atom stereocenters. The minimum Gasteiger partial charge on any atom is -0.395 e. The number of thioether (sulfide) groups is 1. The molecule has 4 nitrogen and oxygen atoms in total. The van der Waals surface area contributed by atoms with Crippen molar-refractivity contribution in [3.63, 3.8) is 0 Å². The second-order valence-corrected chi connectivity index (χ2v) is 6.91. The maximum Gasteiger partial charge on any atom is 0.586 e. The lowest BCUT2D eigenvalue weighted by Crippen LogP contribution is -2.25. The molecule has 0 saturated heterocycles. The van der Waals surface area contributed by atoms with Crippen LogP contribution in [0.3, 0.4) is 0 Å². The first kappa shape index (κ1) is 16.8. The molecule has 3 rings (SSSR count). The number of rotatable bonds is 2. The van der Waals surface area contributed by atoms with Gasteiger partial charge in [0.25, 0.3) is 4.38 Å². The van der Waals surface area contributed by atoms with Gasteiger partial charge in [-0.15, -0.1) is 8.78 Å². The predicted molar refractivity (Wildman–Crippen MR) is 94.1 cm³/mol. The van der Waals surface area contributed by atoms with E-state index in [0.717, 1.165) is 10.5 Å². The minimum absolute atomic E-state index is 0.0619. The average Bonchev–Trinajstić information content (AvgIpc) is 2.82. The predicted octanol–water partition coefficient (Wildman–Crippen LogP) is 3.80. The van der Waals surface area contributed by atoms with Gasteiger partial charge in [-0.25, -0.2) is 0 Å². The van der Waals surface area contributed by atoms with Crippen LogP contribution in [0, 0.1) is 12.3 Å². The molecule has 1 N–H and O–H groups in total. The molecule has 0 saturated carbocycles. The molecule has 0 unspecified atom stereocenters. The van der Waals surface area contributed by atoms with Gasteiger partial charge in [-0.05, 0) is 49.0 Å². The number of alkyl halides is 2. The maximum atomic E-state index is 13.0. The summed E-state index contributed by atoms with van der Waals surface area (Å²) in [5.74, 6) is -0.256. The molecule has 8 heteroatoms. The van der Waals surface area contributed by atoms with Crippen LogP contribution in [0.1, 0.15) is 11.1 Å². The summed E-state index contributed by atoms with van der Waals surface area (Å²) >= 11 is 4.71. The Balaban J connectivity index is 1.74. The number of hydrogen-bond donors (Lipinski definition) is 1. The normalized spacial score (nSPS) is 15.4. The molecule has 1 aliphatic rings. The number of benzene rings is 2. The van der Waals surface area contributed by atoms with Crippen molar-refractivity contribution in [1.29, 1.82) is 5.41 Å². The van der Waals surface area contributed by atoms with Crippen molar-refractivity contribution in [2.75, 3.05) is 0 Å². The highest BCUT2D eigenvalue weighted by atomic mass is 32.2. The van der Waals surface area contributed by atoms with Crippen molar-refractivity contribution in [2.45, 2.75) is 18.1 Å². The van der Waals surface area contributed by atoms with Crippen LogP contribution in [-0.4, -0.2) is 16.5 Å². The molecule has 0 fully saturated rings. The summed E-state index contributed by atoms with van der Waals surface area (Å²) in [6.07, 6.45) is -3.67. The molecule has 124 valence electrons. The third kappa shape index (κ3) is 3.88. The van der Waals surface area contributed by atoms with E-state index < -0.39 is 6.29 Å². The molecule has 24 heavy (non-hydrogen) atoms. The monoisotopic (exact) mass is 367 g/mol. The molecular weight excluding hydrogens is 354 g/mol. The fourth-order valence-corrected chi connectivity index (χ4v) is 3.10. The van der Waals surface area contributed by atoms with E-state index in [0.29, 0.717) is 9.94 Å². The summed E-state index contributed by atoms with van der Waals surface area (Å²) in [6, 6.07) is 12.0. The van der Waals surface area contributed by atoms with E-state index in [4.69, 9.17) is 5.41 Å². The van der Waals surface area contributed by atoms with Gasteiger partial charge in [-0.1, -0.05) is 17.7 Å². The molecular formula is C16H13F2N2O2S2+. The van der Waals surface area contributed by atoms with Crippen LogP contribution in [0.25, 0.3) is 0 Å². The van der Waals surface area contributed by atoms with Crippen LogP contribution < -0.4 is 9.47 Å². The standard InChI is InChI=1S/C16H12F2N2O2S2/c1-9-2-5-11(6-3-9)24-15(23)20-14(19)10-4-7-12-13(8-10)22-16(17,18)21-12/h2-8H,1H3,(H2,19,20,23)/p+1. The largest absolute Gasteiger partial charge is 0.586 e. The van der Waals surface area contributed by atoms with Crippen molar-refractivity contribution >= 4 is 34.6 Å². The van der Waals surface area contributed by atoms with Gasteiger partial charge in [0.2, 0.25) is 0 Å². The molecule has 0 amide bonds. The van der Waals surface area contributed by atoms with Gasteiger partial charge in [0, 0.05) is 23.1 Å². The van der Waals surface area contributed by atoms with Gasteiger partial charge >= 0.3 is 6.29 Å². The molecule has 1 heterocycles. The van der Waals surface area contributed by atoms with E-state index in [-0.39, 0.29) is 17.3 Å². The summed E-state index contributed by atoms with van der Waals surface area (Å²) in [6.45, 7) is 2.00. The van der Waals surface area contributed by atoms with Gasteiger partial charge in [0.15, 0.2) is 17.3 Å². The Morgan fingerprint density at radius 2 is 1.79 bits per heavy atom. The number of nitrogens with zero attached hydrogens (tertiary/aromatic N) is 1. The Bertz CT molecular complexity index is 823. The van der Waals surface area contributed by atoms with Gasteiger partial charge in [-0.2, -0.15) is 4.99 Å². The Morgan fingerprint density at radius 3 is 2.50 bits per heavy atom. The Kier molecular flexibility index (Phi) is 4.51. The van der Waals surface area contributed by atoms with Crippen molar-refractivity contribution < 1.29 is 18.3 Å². The number of nitrogens with one attached hydrogen (secondary N) is 1. The SMILES string of the molecule is Cc1ccc(SC([SH2+])=NC(=N)c2ccc3c(c2)OC(F)(F)O3)cc1. The highest BCUT2D eigenvalue weighted by Gasteiger charge is 2.43. The van der Waals surface area contributed by atoms with Crippen LogP contribution in [0.4, 0.5) is 8.78 Å². The van der Waals surface area contributed by atoms with Crippen LogP contribution >= 0.6 is 11.8 Å². The minimum atomic E-state index is -3.67. The summed E-state index contributed by atoms with van der Waals surface area (Å²) in [7, 11) is 0. The quantitative estimate of drug-likeness (QED) is 0.380. The lowest BCUT2D eigenvalue weighted by atomic mass is 10.2. The number of aryl methyl sites for hydroxylation is 1. The first-order chi connectivity index (χ1) is 11.3. The van der Waals surface area contributed by atoms with Gasteiger partial charge in [0.1, 0.15) is 0 Å². The molecule has 0 aliphatic carbocycles. The topological polar surface area (TPSA) is 54.7 Å². The van der Waals surface area contributed by atoms with E-state index in [1.807, 2.05) is 31.2 Å². The fourth-order valence-electron chi connectivity index (χ4n) is 2.00. The third-order valence-corrected chi connectivity index (χ3v) is 4.33. The molecule has 0 radical (unpaired) electrons. The first-order valence-electron chi connectivity index (χ1n) is 6.86. The molecule has 0 spiro atoms. The lowest BCUT2D eigenvalue weighted by Gasteiger charge is -2.04. The summed E-state index contributed by atoms with van der Waals surface area (Å²) in [4.78, 5) is 5.08. The van der Waals surface area contributed by atoms with E-state index in [2.05, 4.69) is 27.1 Å². The third-order valence-electron chi connectivity index (χ3n) is 3.12. The van der Waals surface area contributed by atoms with E-state index in [1.54, 1.807) is 0 Å². The average molecular weight is 367 g/mol. The van der Waals surface area contributed by atoms with Crippen molar-refractivity contribution in [3.8, 4) is 11.5 Å². The number of ether oxygens (including phenoxy) is 2. The molecule has 2 aromatic rings. The number of fused-ring (bicyclic) bond motifs is 1. The molecule has 0 bridgehead atoms. The number of amidine groups is 1.